The van der Waals surface area contributed by atoms with Gasteiger partial charge in [-0.2, -0.15) is 0 Å². The van der Waals surface area contributed by atoms with Gasteiger partial charge in [0.1, 0.15) is 0 Å². The summed E-state index contributed by atoms with van der Waals surface area (Å²) in [7, 11) is 0. The summed E-state index contributed by atoms with van der Waals surface area (Å²) in [4.78, 5) is 24.6. The van der Waals surface area contributed by atoms with E-state index in [0.29, 0.717) is 10.6 Å². The van der Waals surface area contributed by atoms with Gasteiger partial charge in [-0.05, 0) is 43.7 Å². The molecular formula is C14H12ClNO3S. The Morgan fingerprint density at radius 1 is 1.25 bits per heavy atom. The molecule has 2 aromatic rings. The Bertz CT molecular complexity index is 674. The molecule has 0 aliphatic heterocycles. The van der Waals surface area contributed by atoms with Gasteiger partial charge >= 0.3 is 5.97 Å². The largest absolute Gasteiger partial charge is 0.478 e. The number of aryl methyl sites for hydroxylation is 2. The van der Waals surface area contributed by atoms with Crippen LogP contribution in [0.1, 0.15) is 30.5 Å². The lowest BCUT2D eigenvalue weighted by Gasteiger charge is -2.06. The van der Waals surface area contributed by atoms with Crippen molar-refractivity contribution in [1.82, 2.24) is 0 Å². The van der Waals surface area contributed by atoms with Crippen LogP contribution in [-0.4, -0.2) is 17.0 Å². The summed E-state index contributed by atoms with van der Waals surface area (Å²) in [6.45, 7) is 3.89. The highest BCUT2D eigenvalue weighted by Gasteiger charge is 2.13. The molecule has 0 bridgehead atoms. The number of benzene rings is 1. The third kappa shape index (κ3) is 3.00. The fourth-order valence-electron chi connectivity index (χ4n) is 1.62. The van der Waals surface area contributed by atoms with E-state index < -0.39 is 5.97 Å². The minimum absolute atomic E-state index is 0.0795. The maximum absolute atomic E-state index is 12.1. The molecular weight excluding hydrogens is 298 g/mol. The van der Waals surface area contributed by atoms with Crippen molar-refractivity contribution in [3.05, 3.63) is 50.2 Å². The maximum atomic E-state index is 12.1. The number of nitrogens with one attached hydrogen (secondary N) is 1. The Labute approximate surface area is 125 Å². The summed E-state index contributed by atoms with van der Waals surface area (Å²) in [6, 6.07) is 6.00. The number of halogens is 1. The predicted molar refractivity (Wildman–Crippen MR) is 80.2 cm³/mol. The number of carboxylic acids is 1. The van der Waals surface area contributed by atoms with E-state index in [1.54, 1.807) is 0 Å². The van der Waals surface area contributed by atoms with Crippen molar-refractivity contribution in [1.29, 1.82) is 0 Å². The van der Waals surface area contributed by atoms with Crippen molar-refractivity contribution < 1.29 is 14.7 Å². The molecule has 1 aromatic carbocycles. The number of thiophene rings is 1. The molecule has 0 atom stereocenters. The van der Waals surface area contributed by atoms with Crippen LogP contribution in [0.3, 0.4) is 0 Å². The summed E-state index contributed by atoms with van der Waals surface area (Å²) in [5, 5.41) is 11.7. The predicted octanol–water partition coefficient (Wildman–Crippen LogP) is 3.97. The zero-order chi connectivity index (χ0) is 14.9. The highest BCUT2D eigenvalue weighted by molar-refractivity contribution is 7.14. The number of carboxylic acid groups (broad SMARTS) is 1. The molecule has 0 saturated carbocycles. The number of carbonyl (C=O) groups is 2. The molecule has 20 heavy (non-hydrogen) atoms. The van der Waals surface area contributed by atoms with Gasteiger partial charge in [-0.25, -0.2) is 4.79 Å². The average Bonchev–Trinajstić information content (AvgIpc) is 2.72. The highest BCUT2D eigenvalue weighted by Crippen LogP contribution is 2.26. The van der Waals surface area contributed by atoms with E-state index in [2.05, 4.69) is 5.32 Å². The van der Waals surface area contributed by atoms with Crippen LogP contribution in [0.2, 0.25) is 5.02 Å². The van der Waals surface area contributed by atoms with Gasteiger partial charge in [-0.3, -0.25) is 4.79 Å². The Kier molecular flexibility index (Phi) is 4.11. The topological polar surface area (TPSA) is 66.4 Å². The molecule has 0 aliphatic rings. The average molecular weight is 310 g/mol. The molecule has 6 heteroatoms. The highest BCUT2D eigenvalue weighted by atomic mass is 35.5. The molecule has 2 rings (SSSR count). The third-order valence-electron chi connectivity index (χ3n) is 2.85. The lowest BCUT2D eigenvalue weighted by molar-refractivity contribution is 0.0696. The summed E-state index contributed by atoms with van der Waals surface area (Å²) in [5.41, 5.74) is 1.54. The molecule has 1 amide bonds. The first-order valence-electron chi connectivity index (χ1n) is 5.79. The monoisotopic (exact) mass is 309 g/mol. The molecule has 4 nitrogen and oxygen atoms in total. The van der Waals surface area contributed by atoms with Gasteiger partial charge in [0, 0.05) is 4.88 Å². The van der Waals surface area contributed by atoms with Crippen molar-refractivity contribution in [2.24, 2.45) is 0 Å². The Balaban J connectivity index is 2.21. The normalized spacial score (nSPS) is 10.3. The molecule has 2 N–H and O–H groups in total. The molecule has 0 radical (unpaired) electrons. The molecule has 0 fully saturated rings. The summed E-state index contributed by atoms with van der Waals surface area (Å²) < 4.78 is 0. The zero-order valence-corrected chi connectivity index (χ0v) is 12.4. The Morgan fingerprint density at radius 3 is 2.45 bits per heavy atom. The van der Waals surface area contributed by atoms with Crippen LogP contribution >= 0.6 is 22.9 Å². The van der Waals surface area contributed by atoms with Crippen molar-refractivity contribution in [2.75, 3.05) is 5.32 Å². The zero-order valence-electron chi connectivity index (χ0n) is 10.9. The minimum Gasteiger partial charge on any atom is -0.478 e. The Hall–Kier alpha value is -1.85. The number of rotatable bonds is 3. The van der Waals surface area contributed by atoms with Crippen LogP contribution < -0.4 is 5.32 Å². The van der Waals surface area contributed by atoms with E-state index in [0.717, 1.165) is 10.4 Å². The van der Waals surface area contributed by atoms with Crippen molar-refractivity contribution in [3.8, 4) is 0 Å². The molecule has 0 saturated heterocycles. The van der Waals surface area contributed by atoms with Crippen molar-refractivity contribution >= 4 is 40.5 Å². The number of carbonyl (C=O) groups excluding carboxylic acids is 1. The van der Waals surface area contributed by atoms with Gasteiger partial charge in [-0.15, -0.1) is 11.3 Å². The van der Waals surface area contributed by atoms with Crippen LogP contribution in [0.5, 0.6) is 0 Å². The van der Waals surface area contributed by atoms with Gasteiger partial charge in [-0.1, -0.05) is 11.6 Å². The molecule has 104 valence electrons. The quantitative estimate of drug-likeness (QED) is 0.901. The van der Waals surface area contributed by atoms with Crippen molar-refractivity contribution in [3.63, 3.8) is 0 Å². The van der Waals surface area contributed by atoms with E-state index in [4.69, 9.17) is 16.7 Å². The number of amides is 1. The molecule has 1 heterocycles. The van der Waals surface area contributed by atoms with Crippen LogP contribution in [0.25, 0.3) is 0 Å². The van der Waals surface area contributed by atoms with E-state index in [1.807, 2.05) is 19.9 Å². The van der Waals surface area contributed by atoms with E-state index in [-0.39, 0.29) is 16.5 Å². The molecule has 0 spiro atoms. The van der Waals surface area contributed by atoms with Gasteiger partial charge in [0.25, 0.3) is 5.91 Å². The standard InChI is InChI=1S/C14H12ClNO3S/c1-7-5-12(20-8(7)2)13(17)16-11-4-3-9(14(18)19)6-10(11)15/h3-6H,1-2H3,(H,16,17)(H,18,19). The lowest BCUT2D eigenvalue weighted by Crippen LogP contribution is -2.11. The van der Waals surface area contributed by atoms with Crippen LogP contribution in [0.15, 0.2) is 24.3 Å². The summed E-state index contributed by atoms with van der Waals surface area (Å²) in [6.07, 6.45) is 0. The molecule has 0 aliphatic carbocycles. The summed E-state index contributed by atoms with van der Waals surface area (Å²) in [5.74, 6) is -1.31. The van der Waals surface area contributed by atoms with Crippen LogP contribution in [0.4, 0.5) is 5.69 Å². The number of anilines is 1. The SMILES string of the molecule is Cc1cc(C(=O)Nc2ccc(C(=O)O)cc2Cl)sc1C. The maximum Gasteiger partial charge on any atom is 0.335 e. The first-order valence-corrected chi connectivity index (χ1v) is 6.99. The van der Waals surface area contributed by atoms with Crippen LogP contribution in [-0.2, 0) is 0 Å². The molecule has 0 unspecified atom stereocenters. The van der Waals surface area contributed by atoms with Gasteiger partial charge in [0.2, 0.25) is 0 Å². The fourth-order valence-corrected chi connectivity index (χ4v) is 2.78. The van der Waals surface area contributed by atoms with E-state index >= 15 is 0 Å². The second-order valence-corrected chi connectivity index (χ2v) is 5.97. The van der Waals surface area contributed by atoms with E-state index in [1.165, 1.54) is 29.5 Å². The van der Waals surface area contributed by atoms with Gasteiger partial charge < -0.3 is 10.4 Å². The Morgan fingerprint density at radius 2 is 1.95 bits per heavy atom. The first kappa shape index (κ1) is 14.6. The number of hydrogen-bond acceptors (Lipinski definition) is 3. The number of hydrogen-bond donors (Lipinski definition) is 2. The second kappa shape index (κ2) is 5.64. The second-order valence-electron chi connectivity index (χ2n) is 4.30. The summed E-state index contributed by atoms with van der Waals surface area (Å²) >= 11 is 7.37. The van der Waals surface area contributed by atoms with Crippen LogP contribution in [0, 0.1) is 13.8 Å². The van der Waals surface area contributed by atoms with Gasteiger partial charge in [0.15, 0.2) is 0 Å². The third-order valence-corrected chi connectivity index (χ3v) is 4.32. The van der Waals surface area contributed by atoms with E-state index in [9.17, 15) is 9.59 Å². The number of aromatic carboxylic acids is 1. The molecule has 1 aromatic heterocycles. The van der Waals surface area contributed by atoms with Crippen molar-refractivity contribution in [2.45, 2.75) is 13.8 Å². The smallest absolute Gasteiger partial charge is 0.335 e. The fraction of sp³-hybridized carbons (Fsp3) is 0.143. The lowest BCUT2D eigenvalue weighted by atomic mass is 10.2. The first-order chi connectivity index (χ1) is 9.38. The van der Waals surface area contributed by atoms with Gasteiger partial charge in [0.05, 0.1) is 21.2 Å². The minimum atomic E-state index is -1.06.